The highest BCUT2D eigenvalue weighted by Gasteiger charge is 2.23. The summed E-state index contributed by atoms with van der Waals surface area (Å²) in [6, 6.07) is 21.3. The van der Waals surface area contributed by atoms with Gasteiger partial charge in [0.1, 0.15) is 30.1 Å². The Morgan fingerprint density at radius 2 is 1.80 bits per heavy atom. The minimum absolute atomic E-state index is 0.0515. The van der Waals surface area contributed by atoms with Gasteiger partial charge in [-0.3, -0.25) is 9.69 Å². The zero-order valence-electron chi connectivity index (χ0n) is 16.6. The van der Waals surface area contributed by atoms with Crippen LogP contribution in [-0.4, -0.2) is 18.7 Å². The van der Waals surface area contributed by atoms with Gasteiger partial charge in [-0.15, -0.1) is 0 Å². The maximum atomic E-state index is 13.2. The maximum Gasteiger partial charge on any atom is 0.200 e. The maximum absolute atomic E-state index is 13.2. The third-order valence-corrected chi connectivity index (χ3v) is 5.44. The fourth-order valence-electron chi connectivity index (χ4n) is 3.87. The van der Waals surface area contributed by atoms with E-state index in [1.807, 2.05) is 48.5 Å². The molecular weight excluding hydrogens is 378 g/mol. The van der Waals surface area contributed by atoms with Crippen LogP contribution in [-0.2, 0) is 13.1 Å². The number of benzene rings is 3. The normalized spacial score (nSPS) is 13.6. The first-order valence-corrected chi connectivity index (χ1v) is 9.84. The largest absolute Gasteiger partial charge is 0.497 e. The van der Waals surface area contributed by atoms with Crippen LogP contribution in [0.3, 0.4) is 0 Å². The highest BCUT2D eigenvalue weighted by atomic mass is 16.5. The third-order valence-electron chi connectivity index (χ3n) is 5.44. The van der Waals surface area contributed by atoms with Crippen molar-refractivity contribution in [3.05, 3.63) is 94.3 Å². The van der Waals surface area contributed by atoms with E-state index in [0.717, 1.165) is 29.2 Å². The summed E-state index contributed by atoms with van der Waals surface area (Å²) < 4.78 is 17.1. The van der Waals surface area contributed by atoms with Crippen molar-refractivity contribution in [2.75, 3.05) is 13.8 Å². The van der Waals surface area contributed by atoms with E-state index in [9.17, 15) is 4.79 Å². The van der Waals surface area contributed by atoms with E-state index in [-0.39, 0.29) is 5.43 Å². The van der Waals surface area contributed by atoms with Crippen molar-refractivity contribution in [2.24, 2.45) is 0 Å². The van der Waals surface area contributed by atoms with E-state index in [0.29, 0.717) is 29.8 Å². The smallest absolute Gasteiger partial charge is 0.200 e. The van der Waals surface area contributed by atoms with Crippen molar-refractivity contribution in [1.29, 1.82) is 0 Å². The van der Waals surface area contributed by atoms with Gasteiger partial charge in [0.25, 0.3) is 0 Å². The van der Waals surface area contributed by atoms with Gasteiger partial charge < -0.3 is 13.9 Å². The summed E-state index contributed by atoms with van der Waals surface area (Å²) >= 11 is 0. The second kappa shape index (κ2) is 7.69. The Hall–Kier alpha value is -3.57. The molecule has 4 aromatic rings. The predicted molar refractivity (Wildman–Crippen MR) is 116 cm³/mol. The lowest BCUT2D eigenvalue weighted by atomic mass is 10.0. The van der Waals surface area contributed by atoms with Gasteiger partial charge in [-0.2, -0.15) is 0 Å². The highest BCUT2D eigenvalue weighted by Crippen LogP contribution is 2.33. The average Bonchev–Trinajstić information content (AvgIpc) is 2.80. The van der Waals surface area contributed by atoms with Crippen LogP contribution in [0.1, 0.15) is 11.1 Å². The Morgan fingerprint density at radius 3 is 2.57 bits per heavy atom. The van der Waals surface area contributed by atoms with Crippen LogP contribution < -0.4 is 14.9 Å². The van der Waals surface area contributed by atoms with E-state index in [2.05, 4.69) is 17.0 Å². The molecule has 1 aliphatic rings. The van der Waals surface area contributed by atoms with Crippen LogP contribution in [0.15, 0.2) is 82.2 Å². The fourth-order valence-corrected chi connectivity index (χ4v) is 3.87. The average molecular weight is 399 g/mol. The number of hydrogen-bond acceptors (Lipinski definition) is 5. The van der Waals surface area contributed by atoms with Crippen molar-refractivity contribution < 1.29 is 13.9 Å². The summed E-state index contributed by atoms with van der Waals surface area (Å²) in [7, 11) is 1.62. The van der Waals surface area contributed by atoms with Gasteiger partial charge in [0.05, 0.1) is 23.6 Å². The van der Waals surface area contributed by atoms with Gasteiger partial charge in [-0.25, -0.2) is 0 Å². The van der Waals surface area contributed by atoms with Crippen LogP contribution in [0.5, 0.6) is 11.5 Å². The number of ether oxygens (including phenoxy) is 2. The van der Waals surface area contributed by atoms with E-state index in [1.165, 1.54) is 5.56 Å². The van der Waals surface area contributed by atoms with Crippen LogP contribution in [0.4, 0.5) is 0 Å². The Bertz CT molecular complexity index is 1250. The van der Waals surface area contributed by atoms with Crippen molar-refractivity contribution in [2.45, 2.75) is 13.1 Å². The molecule has 0 unspecified atom stereocenters. The molecule has 150 valence electrons. The number of methoxy groups -OCH3 is 1. The van der Waals surface area contributed by atoms with E-state index >= 15 is 0 Å². The molecule has 5 nitrogen and oxygen atoms in total. The molecule has 1 aliphatic heterocycles. The van der Waals surface area contributed by atoms with Crippen LogP contribution in [0.25, 0.3) is 22.1 Å². The lowest BCUT2D eigenvalue weighted by molar-refractivity contribution is 0.0890. The molecule has 0 amide bonds. The lowest BCUT2D eigenvalue weighted by Gasteiger charge is -2.29. The standard InChI is InChI=1S/C25H21NO4/c1-28-19-9-7-18(8-10-19)22-15-29-25-20(24(22)27)11-12-23-21(25)14-26(16-30-23)13-17-5-3-2-4-6-17/h2-12,15H,13-14,16H2,1H3. The minimum atomic E-state index is -0.0515. The van der Waals surface area contributed by atoms with Gasteiger partial charge in [0, 0.05) is 13.1 Å². The summed E-state index contributed by atoms with van der Waals surface area (Å²) in [4.78, 5) is 15.4. The first-order valence-electron chi connectivity index (χ1n) is 9.84. The van der Waals surface area contributed by atoms with Crippen molar-refractivity contribution in [3.8, 4) is 22.6 Å². The summed E-state index contributed by atoms with van der Waals surface area (Å²) in [6.45, 7) is 1.93. The third kappa shape index (κ3) is 3.33. The zero-order chi connectivity index (χ0) is 20.5. The SMILES string of the molecule is COc1ccc(-c2coc3c4c(ccc3c2=O)OCN(Cc2ccccc2)C4)cc1. The lowest BCUT2D eigenvalue weighted by Crippen LogP contribution is -2.31. The molecule has 0 saturated heterocycles. The molecule has 0 fully saturated rings. The first-order chi connectivity index (χ1) is 14.7. The predicted octanol–water partition coefficient (Wildman–Crippen LogP) is 4.82. The summed E-state index contributed by atoms with van der Waals surface area (Å²) in [5, 5.41) is 0.562. The van der Waals surface area contributed by atoms with Gasteiger partial charge in [0.2, 0.25) is 5.43 Å². The number of nitrogens with zero attached hydrogens (tertiary/aromatic N) is 1. The number of hydrogen-bond donors (Lipinski definition) is 0. The molecule has 5 rings (SSSR count). The Balaban J connectivity index is 1.51. The quantitative estimate of drug-likeness (QED) is 0.492. The molecule has 0 N–H and O–H groups in total. The van der Waals surface area contributed by atoms with Crippen molar-refractivity contribution in [3.63, 3.8) is 0 Å². The summed E-state index contributed by atoms with van der Waals surface area (Å²) in [5.41, 5.74) is 3.99. The van der Waals surface area contributed by atoms with Gasteiger partial charge >= 0.3 is 0 Å². The Labute approximate surface area is 174 Å². The van der Waals surface area contributed by atoms with E-state index in [4.69, 9.17) is 13.9 Å². The Morgan fingerprint density at radius 1 is 1.00 bits per heavy atom. The van der Waals surface area contributed by atoms with Crippen LogP contribution in [0.2, 0.25) is 0 Å². The summed E-state index contributed by atoms with van der Waals surface area (Å²) in [6.07, 6.45) is 1.54. The number of rotatable bonds is 4. The number of fused-ring (bicyclic) bond motifs is 3. The van der Waals surface area contributed by atoms with E-state index in [1.54, 1.807) is 19.4 Å². The second-order valence-corrected chi connectivity index (χ2v) is 7.37. The molecule has 5 heteroatoms. The van der Waals surface area contributed by atoms with Crippen LogP contribution >= 0.6 is 0 Å². The molecule has 30 heavy (non-hydrogen) atoms. The molecular formula is C25H21NO4. The van der Waals surface area contributed by atoms with Gasteiger partial charge in [0.15, 0.2) is 0 Å². The second-order valence-electron chi connectivity index (χ2n) is 7.37. The van der Waals surface area contributed by atoms with E-state index < -0.39 is 0 Å². The monoisotopic (exact) mass is 399 g/mol. The molecule has 2 heterocycles. The van der Waals surface area contributed by atoms with Crippen molar-refractivity contribution in [1.82, 2.24) is 4.90 Å². The Kier molecular flexibility index (Phi) is 4.73. The molecule has 0 spiro atoms. The topological polar surface area (TPSA) is 51.9 Å². The molecule has 0 atom stereocenters. The highest BCUT2D eigenvalue weighted by molar-refractivity contribution is 5.85. The first kappa shape index (κ1) is 18.5. The van der Waals surface area contributed by atoms with Crippen LogP contribution in [0, 0.1) is 0 Å². The summed E-state index contributed by atoms with van der Waals surface area (Å²) in [5.74, 6) is 1.51. The zero-order valence-corrected chi connectivity index (χ0v) is 16.6. The van der Waals surface area contributed by atoms with Crippen molar-refractivity contribution >= 4 is 11.0 Å². The molecule has 1 aromatic heterocycles. The molecule has 3 aromatic carbocycles. The molecule has 0 aliphatic carbocycles. The molecule has 0 bridgehead atoms. The fraction of sp³-hybridized carbons (Fsp3) is 0.160. The molecule has 0 saturated carbocycles. The molecule has 0 radical (unpaired) electrons. The van der Waals surface area contributed by atoms with Gasteiger partial charge in [-0.1, -0.05) is 42.5 Å². The minimum Gasteiger partial charge on any atom is -0.497 e. The van der Waals surface area contributed by atoms with Gasteiger partial charge in [-0.05, 0) is 35.4 Å².